The van der Waals surface area contributed by atoms with Gasteiger partial charge in [-0.25, -0.2) is 9.50 Å². The van der Waals surface area contributed by atoms with E-state index in [4.69, 9.17) is 4.74 Å². The summed E-state index contributed by atoms with van der Waals surface area (Å²) in [6.45, 7) is 7.48. The fourth-order valence-corrected chi connectivity index (χ4v) is 2.17. The van der Waals surface area contributed by atoms with E-state index in [2.05, 4.69) is 20.4 Å². The number of rotatable bonds is 5. The molecule has 2 rings (SSSR count). The van der Waals surface area contributed by atoms with Gasteiger partial charge in [0.2, 0.25) is 0 Å². The van der Waals surface area contributed by atoms with Crippen molar-refractivity contribution in [1.29, 1.82) is 0 Å². The van der Waals surface area contributed by atoms with E-state index in [-0.39, 0.29) is 12.3 Å². The average molecular weight is 305 g/mol. The molecular weight excluding hydrogens is 286 g/mol. The molecule has 0 unspecified atom stereocenters. The number of hydrogen-bond donors (Lipinski definition) is 1. The summed E-state index contributed by atoms with van der Waals surface area (Å²) in [4.78, 5) is 31.9. The van der Waals surface area contributed by atoms with Crippen LogP contribution in [0, 0.1) is 13.8 Å². The first-order chi connectivity index (χ1) is 10.4. The number of hydrogen-bond acceptors (Lipinski definition) is 6. The lowest BCUT2D eigenvalue weighted by Gasteiger charge is -2.14. The van der Waals surface area contributed by atoms with Crippen LogP contribution in [-0.4, -0.2) is 44.1 Å². The fourth-order valence-electron chi connectivity index (χ4n) is 2.17. The molecule has 0 saturated carbocycles. The topological polar surface area (TPSA) is 98.5 Å². The summed E-state index contributed by atoms with van der Waals surface area (Å²) in [5, 5.41) is 6.67. The molecule has 1 atom stereocenters. The molecule has 8 heteroatoms. The van der Waals surface area contributed by atoms with Crippen LogP contribution in [-0.2, 0) is 20.7 Å². The number of nitrogens with zero attached hydrogens (tertiary/aromatic N) is 4. The number of fused-ring (bicyclic) bond motifs is 1. The third kappa shape index (κ3) is 3.21. The second kappa shape index (κ2) is 6.50. The minimum Gasteiger partial charge on any atom is -0.452 e. The van der Waals surface area contributed by atoms with Gasteiger partial charge in [-0.1, -0.05) is 0 Å². The van der Waals surface area contributed by atoms with Gasteiger partial charge in [-0.15, -0.1) is 0 Å². The number of carbonyl (C=O) groups is 2. The van der Waals surface area contributed by atoms with Crippen LogP contribution < -0.4 is 5.32 Å². The lowest BCUT2D eigenvalue weighted by atomic mass is 10.1. The van der Waals surface area contributed by atoms with E-state index in [0.29, 0.717) is 18.0 Å². The molecule has 2 aromatic rings. The Bertz CT molecular complexity index is 710. The zero-order chi connectivity index (χ0) is 16.3. The minimum absolute atomic E-state index is 0.0320. The molecule has 0 fully saturated rings. The first kappa shape index (κ1) is 15.9. The number of ether oxygens (including phenoxy) is 1. The summed E-state index contributed by atoms with van der Waals surface area (Å²) in [7, 11) is 0. The maximum absolute atomic E-state index is 12.0. The molecule has 22 heavy (non-hydrogen) atoms. The monoisotopic (exact) mass is 305 g/mol. The minimum atomic E-state index is -0.823. The van der Waals surface area contributed by atoms with Crippen molar-refractivity contribution in [2.75, 3.05) is 6.54 Å². The number of nitrogens with one attached hydrogen (secondary N) is 1. The van der Waals surface area contributed by atoms with E-state index in [1.54, 1.807) is 25.3 Å². The molecule has 0 aliphatic carbocycles. The summed E-state index contributed by atoms with van der Waals surface area (Å²) < 4.78 is 6.72. The van der Waals surface area contributed by atoms with Crippen molar-refractivity contribution in [1.82, 2.24) is 24.9 Å². The summed E-state index contributed by atoms with van der Waals surface area (Å²) in [6.07, 6.45) is 0.620. The highest BCUT2D eigenvalue weighted by atomic mass is 16.5. The highest BCUT2D eigenvalue weighted by Crippen LogP contribution is 2.14. The van der Waals surface area contributed by atoms with Crippen molar-refractivity contribution in [3.05, 3.63) is 23.3 Å². The Hall–Kier alpha value is -2.51. The second-order valence-electron chi connectivity index (χ2n) is 4.94. The van der Waals surface area contributed by atoms with Gasteiger partial charge in [0.15, 0.2) is 6.10 Å². The molecule has 0 bridgehead atoms. The quantitative estimate of drug-likeness (QED) is 0.800. The maximum Gasteiger partial charge on any atom is 0.311 e. The molecule has 0 spiro atoms. The van der Waals surface area contributed by atoms with E-state index in [9.17, 15) is 9.59 Å². The first-order valence-electron chi connectivity index (χ1n) is 7.07. The van der Waals surface area contributed by atoms with Gasteiger partial charge in [-0.05, 0) is 27.7 Å². The Balaban J connectivity index is 2.13. The lowest BCUT2D eigenvalue weighted by molar-refractivity contribution is -0.154. The van der Waals surface area contributed by atoms with Crippen LogP contribution in [0.2, 0.25) is 0 Å². The highest BCUT2D eigenvalue weighted by Gasteiger charge is 2.20. The standard InChI is InChI=1S/C14H19N5O3/c1-5-15-13(21)10(4)22-12(20)6-11-8(2)18-14-16-7-17-19(14)9(11)3/h7,10H,5-6H2,1-4H3,(H,15,21)/t10-/m0/s1. The van der Waals surface area contributed by atoms with Gasteiger partial charge in [0, 0.05) is 23.5 Å². The van der Waals surface area contributed by atoms with Crippen LogP contribution >= 0.6 is 0 Å². The smallest absolute Gasteiger partial charge is 0.311 e. The van der Waals surface area contributed by atoms with Crippen molar-refractivity contribution < 1.29 is 14.3 Å². The third-order valence-corrected chi connectivity index (χ3v) is 3.34. The predicted molar refractivity (Wildman–Crippen MR) is 78.2 cm³/mol. The van der Waals surface area contributed by atoms with Crippen LogP contribution in [0.4, 0.5) is 0 Å². The Morgan fingerprint density at radius 3 is 2.82 bits per heavy atom. The van der Waals surface area contributed by atoms with E-state index in [1.165, 1.54) is 6.33 Å². The number of aryl methyl sites for hydroxylation is 2. The molecule has 0 saturated heterocycles. The zero-order valence-corrected chi connectivity index (χ0v) is 13.1. The van der Waals surface area contributed by atoms with E-state index >= 15 is 0 Å². The van der Waals surface area contributed by atoms with Crippen LogP contribution in [0.3, 0.4) is 0 Å². The molecule has 118 valence electrons. The molecule has 0 radical (unpaired) electrons. The molecular formula is C14H19N5O3. The highest BCUT2D eigenvalue weighted by molar-refractivity contribution is 5.83. The fraction of sp³-hybridized carbons (Fsp3) is 0.500. The largest absolute Gasteiger partial charge is 0.452 e. The number of carbonyl (C=O) groups excluding carboxylic acids is 2. The summed E-state index contributed by atoms with van der Waals surface area (Å²) in [6, 6.07) is 0. The molecule has 0 aromatic carbocycles. The van der Waals surface area contributed by atoms with Crippen molar-refractivity contribution in [2.45, 2.75) is 40.2 Å². The summed E-state index contributed by atoms with van der Waals surface area (Å²) in [5.41, 5.74) is 2.20. The Morgan fingerprint density at radius 1 is 1.41 bits per heavy atom. The maximum atomic E-state index is 12.0. The second-order valence-corrected chi connectivity index (χ2v) is 4.94. The molecule has 0 aliphatic rings. The third-order valence-electron chi connectivity index (χ3n) is 3.34. The SMILES string of the molecule is CCNC(=O)[C@H](C)OC(=O)Cc1c(C)nc2ncnn2c1C. The number of amides is 1. The van der Waals surface area contributed by atoms with Gasteiger partial charge in [-0.3, -0.25) is 9.59 Å². The number of aromatic nitrogens is 4. The Kier molecular flexibility index (Phi) is 4.69. The summed E-state index contributed by atoms with van der Waals surface area (Å²) in [5.74, 6) is -0.303. The van der Waals surface area contributed by atoms with E-state index in [1.807, 2.05) is 6.92 Å². The number of likely N-dealkylation sites (N-methyl/N-ethyl adjacent to an activating group) is 1. The summed E-state index contributed by atoms with van der Waals surface area (Å²) >= 11 is 0. The predicted octanol–water partition coefficient (Wildman–Crippen LogP) is 0.351. The molecule has 2 heterocycles. The van der Waals surface area contributed by atoms with Gasteiger partial charge in [-0.2, -0.15) is 10.1 Å². The van der Waals surface area contributed by atoms with Crippen LogP contribution in [0.1, 0.15) is 30.8 Å². The number of esters is 1. The molecule has 1 amide bonds. The molecule has 1 N–H and O–H groups in total. The van der Waals surface area contributed by atoms with Crippen molar-refractivity contribution in [3.8, 4) is 0 Å². The molecule has 2 aromatic heterocycles. The first-order valence-corrected chi connectivity index (χ1v) is 7.07. The molecule has 8 nitrogen and oxygen atoms in total. The molecule has 0 aliphatic heterocycles. The van der Waals surface area contributed by atoms with E-state index < -0.39 is 12.1 Å². The van der Waals surface area contributed by atoms with Crippen molar-refractivity contribution >= 4 is 17.7 Å². The van der Waals surface area contributed by atoms with Gasteiger partial charge in [0.1, 0.15) is 6.33 Å². The Labute approximate surface area is 127 Å². The van der Waals surface area contributed by atoms with Crippen LogP contribution in [0.5, 0.6) is 0 Å². The van der Waals surface area contributed by atoms with Crippen molar-refractivity contribution in [2.24, 2.45) is 0 Å². The lowest BCUT2D eigenvalue weighted by Crippen LogP contribution is -2.36. The van der Waals surface area contributed by atoms with Crippen LogP contribution in [0.15, 0.2) is 6.33 Å². The van der Waals surface area contributed by atoms with Crippen LogP contribution in [0.25, 0.3) is 5.78 Å². The van der Waals surface area contributed by atoms with Gasteiger partial charge >= 0.3 is 5.97 Å². The van der Waals surface area contributed by atoms with Gasteiger partial charge in [0.05, 0.1) is 6.42 Å². The normalized spacial score (nSPS) is 12.2. The Morgan fingerprint density at radius 2 is 2.14 bits per heavy atom. The van der Waals surface area contributed by atoms with E-state index in [0.717, 1.165) is 11.3 Å². The van der Waals surface area contributed by atoms with Gasteiger partial charge < -0.3 is 10.1 Å². The zero-order valence-electron chi connectivity index (χ0n) is 13.1. The van der Waals surface area contributed by atoms with Crippen molar-refractivity contribution in [3.63, 3.8) is 0 Å². The average Bonchev–Trinajstić information content (AvgIpc) is 2.91. The van der Waals surface area contributed by atoms with Gasteiger partial charge in [0.25, 0.3) is 11.7 Å².